The fourth-order valence-corrected chi connectivity index (χ4v) is 2.06. The molecule has 0 aliphatic carbocycles. The van der Waals surface area contributed by atoms with Gasteiger partial charge in [-0.05, 0) is 30.7 Å². The number of aromatic nitrogens is 1. The van der Waals surface area contributed by atoms with Gasteiger partial charge in [0.25, 0.3) is 0 Å². The smallest absolute Gasteiger partial charge is 0.307 e. The maximum Gasteiger partial charge on any atom is 0.307 e. The standard InChI is InChI=1S/C14H18N2O3/c1-3-19-14(17)7-12(15)11-8-16-13-5-4-9(18-2)6-10(11)13/h4-6,8,12,16H,3,7,15H2,1-2H3/t12-/m0/s1. The summed E-state index contributed by atoms with van der Waals surface area (Å²) in [6.45, 7) is 2.15. The Kier molecular flexibility index (Phi) is 4.06. The average molecular weight is 262 g/mol. The van der Waals surface area contributed by atoms with E-state index >= 15 is 0 Å². The van der Waals surface area contributed by atoms with Gasteiger partial charge >= 0.3 is 5.97 Å². The molecule has 19 heavy (non-hydrogen) atoms. The van der Waals surface area contributed by atoms with Gasteiger partial charge in [-0.2, -0.15) is 0 Å². The van der Waals surface area contributed by atoms with Crippen LogP contribution in [0.2, 0.25) is 0 Å². The number of hydrogen-bond acceptors (Lipinski definition) is 4. The molecule has 5 heteroatoms. The number of nitrogens with one attached hydrogen (secondary N) is 1. The molecule has 0 unspecified atom stereocenters. The number of nitrogens with two attached hydrogens (primary N) is 1. The van der Waals surface area contributed by atoms with Crippen LogP contribution in [0.15, 0.2) is 24.4 Å². The Balaban J connectivity index is 2.26. The molecule has 0 saturated heterocycles. The summed E-state index contributed by atoms with van der Waals surface area (Å²) in [5.74, 6) is 0.476. The van der Waals surface area contributed by atoms with E-state index in [9.17, 15) is 4.79 Å². The van der Waals surface area contributed by atoms with E-state index < -0.39 is 0 Å². The third-order valence-electron chi connectivity index (χ3n) is 3.01. The van der Waals surface area contributed by atoms with Crippen molar-refractivity contribution in [3.8, 4) is 5.75 Å². The van der Waals surface area contributed by atoms with Crippen LogP contribution in [0, 0.1) is 0 Å². The fourth-order valence-electron chi connectivity index (χ4n) is 2.06. The zero-order valence-corrected chi connectivity index (χ0v) is 11.1. The molecule has 5 nitrogen and oxygen atoms in total. The molecule has 2 aromatic rings. The minimum absolute atomic E-state index is 0.165. The minimum atomic E-state index is -0.389. The fraction of sp³-hybridized carbons (Fsp3) is 0.357. The van der Waals surface area contributed by atoms with Crippen molar-refractivity contribution in [2.45, 2.75) is 19.4 Å². The van der Waals surface area contributed by atoms with Gasteiger partial charge in [-0.15, -0.1) is 0 Å². The van der Waals surface area contributed by atoms with Gasteiger partial charge < -0.3 is 20.2 Å². The van der Waals surface area contributed by atoms with Crippen molar-refractivity contribution in [1.29, 1.82) is 0 Å². The summed E-state index contributed by atoms with van der Waals surface area (Å²) in [6.07, 6.45) is 1.99. The van der Waals surface area contributed by atoms with E-state index in [2.05, 4.69) is 4.98 Å². The van der Waals surface area contributed by atoms with E-state index in [4.69, 9.17) is 15.2 Å². The quantitative estimate of drug-likeness (QED) is 0.809. The summed E-state index contributed by atoms with van der Waals surface area (Å²) in [4.78, 5) is 14.6. The van der Waals surface area contributed by atoms with Crippen molar-refractivity contribution in [1.82, 2.24) is 4.98 Å². The van der Waals surface area contributed by atoms with Gasteiger partial charge in [0.1, 0.15) is 5.75 Å². The summed E-state index contributed by atoms with van der Waals surface area (Å²) < 4.78 is 10.1. The molecule has 2 rings (SSSR count). The highest BCUT2D eigenvalue weighted by atomic mass is 16.5. The number of ether oxygens (including phenoxy) is 2. The van der Waals surface area contributed by atoms with E-state index in [1.165, 1.54) is 0 Å². The number of esters is 1. The second kappa shape index (κ2) is 5.75. The minimum Gasteiger partial charge on any atom is -0.497 e. The number of fused-ring (bicyclic) bond motifs is 1. The van der Waals surface area contributed by atoms with Crippen molar-refractivity contribution in [2.24, 2.45) is 5.73 Å². The van der Waals surface area contributed by atoms with Gasteiger partial charge in [0.05, 0.1) is 20.1 Å². The van der Waals surface area contributed by atoms with E-state index in [0.717, 1.165) is 22.2 Å². The van der Waals surface area contributed by atoms with Crippen LogP contribution >= 0.6 is 0 Å². The first-order valence-corrected chi connectivity index (χ1v) is 6.22. The van der Waals surface area contributed by atoms with Crippen LogP contribution in [-0.4, -0.2) is 24.7 Å². The summed E-state index contributed by atoms with van der Waals surface area (Å²) >= 11 is 0. The molecule has 1 aromatic heterocycles. The first kappa shape index (κ1) is 13.4. The molecular formula is C14H18N2O3. The van der Waals surface area contributed by atoms with Crippen molar-refractivity contribution in [3.63, 3.8) is 0 Å². The lowest BCUT2D eigenvalue weighted by Crippen LogP contribution is -2.16. The lowest BCUT2D eigenvalue weighted by molar-refractivity contribution is -0.143. The van der Waals surface area contributed by atoms with Gasteiger partial charge in [-0.3, -0.25) is 4.79 Å². The number of H-pyrrole nitrogens is 1. The van der Waals surface area contributed by atoms with Crippen LogP contribution in [-0.2, 0) is 9.53 Å². The molecule has 3 N–H and O–H groups in total. The van der Waals surface area contributed by atoms with Crippen molar-refractivity contribution in [3.05, 3.63) is 30.0 Å². The molecular weight excluding hydrogens is 244 g/mol. The first-order valence-electron chi connectivity index (χ1n) is 6.22. The van der Waals surface area contributed by atoms with Gasteiger partial charge in [-0.1, -0.05) is 0 Å². The summed E-state index contributed by atoms with van der Waals surface area (Å²) in [6, 6.07) is 5.32. The number of benzene rings is 1. The predicted molar refractivity (Wildman–Crippen MR) is 73.0 cm³/mol. The number of carbonyl (C=O) groups is 1. The Morgan fingerprint density at radius 2 is 2.26 bits per heavy atom. The highest BCUT2D eigenvalue weighted by molar-refractivity contribution is 5.85. The molecule has 0 saturated carbocycles. The van der Waals surface area contributed by atoms with Crippen LogP contribution in [0.4, 0.5) is 0 Å². The summed E-state index contributed by atoms with van der Waals surface area (Å²) in [5, 5.41) is 0.969. The number of aromatic amines is 1. The van der Waals surface area contributed by atoms with E-state index in [-0.39, 0.29) is 18.4 Å². The highest BCUT2D eigenvalue weighted by Gasteiger charge is 2.16. The number of carbonyl (C=O) groups excluding carboxylic acids is 1. The molecule has 0 radical (unpaired) electrons. The molecule has 0 bridgehead atoms. The Hall–Kier alpha value is -2.01. The zero-order chi connectivity index (χ0) is 13.8. The lowest BCUT2D eigenvalue weighted by atomic mass is 10.0. The lowest BCUT2D eigenvalue weighted by Gasteiger charge is -2.10. The SMILES string of the molecule is CCOC(=O)C[C@H](N)c1c[nH]c2ccc(OC)cc12. The van der Waals surface area contributed by atoms with E-state index in [0.29, 0.717) is 6.61 Å². The Morgan fingerprint density at radius 1 is 1.47 bits per heavy atom. The Morgan fingerprint density at radius 3 is 2.95 bits per heavy atom. The molecule has 1 heterocycles. The van der Waals surface area contributed by atoms with Crippen molar-refractivity contribution in [2.75, 3.05) is 13.7 Å². The second-order valence-corrected chi connectivity index (χ2v) is 4.27. The molecule has 0 aliphatic rings. The van der Waals surface area contributed by atoms with Gasteiger partial charge in [0, 0.05) is 23.1 Å². The van der Waals surface area contributed by atoms with Crippen molar-refractivity contribution < 1.29 is 14.3 Å². The number of rotatable bonds is 5. The van der Waals surface area contributed by atoms with Gasteiger partial charge in [0.15, 0.2) is 0 Å². The third kappa shape index (κ3) is 2.88. The Labute approximate surface area is 111 Å². The second-order valence-electron chi connectivity index (χ2n) is 4.27. The normalized spacial score (nSPS) is 12.4. The van der Waals surface area contributed by atoms with Gasteiger partial charge in [0.2, 0.25) is 0 Å². The number of methoxy groups -OCH3 is 1. The summed E-state index contributed by atoms with van der Waals surface area (Å²) in [7, 11) is 1.62. The van der Waals surface area contributed by atoms with Crippen molar-refractivity contribution >= 4 is 16.9 Å². The van der Waals surface area contributed by atoms with Crippen LogP contribution in [0.3, 0.4) is 0 Å². The molecule has 1 atom stereocenters. The molecule has 1 aromatic carbocycles. The monoisotopic (exact) mass is 262 g/mol. The molecule has 102 valence electrons. The topological polar surface area (TPSA) is 77.3 Å². The molecule has 0 amide bonds. The van der Waals surface area contributed by atoms with Crippen LogP contribution in [0.5, 0.6) is 5.75 Å². The molecule has 0 aliphatic heterocycles. The van der Waals surface area contributed by atoms with Gasteiger partial charge in [-0.25, -0.2) is 0 Å². The van der Waals surface area contributed by atoms with Crippen LogP contribution in [0.1, 0.15) is 24.9 Å². The average Bonchev–Trinajstić information content (AvgIpc) is 2.81. The summed E-state index contributed by atoms with van der Waals surface area (Å²) in [5.41, 5.74) is 7.92. The van der Waals surface area contributed by atoms with Crippen LogP contribution in [0.25, 0.3) is 10.9 Å². The maximum absolute atomic E-state index is 11.5. The van der Waals surface area contributed by atoms with E-state index in [1.54, 1.807) is 14.0 Å². The Bertz CT molecular complexity index is 577. The zero-order valence-electron chi connectivity index (χ0n) is 11.1. The predicted octanol–water partition coefficient (Wildman–Crippen LogP) is 2.13. The third-order valence-corrected chi connectivity index (χ3v) is 3.01. The number of hydrogen-bond donors (Lipinski definition) is 2. The highest BCUT2D eigenvalue weighted by Crippen LogP contribution is 2.28. The molecule has 0 spiro atoms. The first-order chi connectivity index (χ1) is 9.15. The van der Waals surface area contributed by atoms with Crippen LogP contribution < -0.4 is 10.5 Å². The van der Waals surface area contributed by atoms with E-state index in [1.807, 2.05) is 24.4 Å². The largest absolute Gasteiger partial charge is 0.497 e. The maximum atomic E-state index is 11.5. The molecule has 0 fully saturated rings.